The molecule has 1 aromatic heterocycles. The maximum atomic E-state index is 5.66. The zero-order valence-electron chi connectivity index (χ0n) is 17.5. The number of hydrogen-bond donors (Lipinski definition) is 2. The van der Waals surface area contributed by atoms with Gasteiger partial charge >= 0.3 is 0 Å². The highest BCUT2D eigenvalue weighted by Gasteiger charge is 2.34. The van der Waals surface area contributed by atoms with E-state index in [1.807, 2.05) is 12.1 Å². The lowest BCUT2D eigenvalue weighted by molar-refractivity contribution is 0.0513. The highest BCUT2D eigenvalue weighted by Crippen LogP contribution is 2.35. The number of hydrogen-bond acceptors (Lipinski definition) is 4. The molecule has 0 unspecified atom stereocenters. The van der Waals surface area contributed by atoms with Gasteiger partial charge < -0.3 is 20.1 Å². The van der Waals surface area contributed by atoms with Crippen molar-refractivity contribution in [3.63, 3.8) is 0 Å². The fourth-order valence-electron chi connectivity index (χ4n) is 3.60. The van der Waals surface area contributed by atoms with Crippen molar-refractivity contribution >= 4 is 41.3 Å². The number of aryl methyl sites for hydroxylation is 1. The summed E-state index contributed by atoms with van der Waals surface area (Å²) in [7, 11) is 1.70. The number of aliphatic imine (C=N–C) groups is 1. The van der Waals surface area contributed by atoms with E-state index in [9.17, 15) is 0 Å². The minimum atomic E-state index is 0. The van der Waals surface area contributed by atoms with Crippen LogP contribution in [0.25, 0.3) is 0 Å². The predicted molar refractivity (Wildman–Crippen MR) is 132 cm³/mol. The average molecular weight is 529 g/mol. The fraction of sp³-hybridized carbons (Fsp3) is 0.500. The Morgan fingerprint density at radius 2 is 1.86 bits per heavy atom. The lowest BCUT2D eigenvalue weighted by Crippen LogP contribution is -2.48. The van der Waals surface area contributed by atoms with Crippen molar-refractivity contribution in [1.82, 2.24) is 10.6 Å². The van der Waals surface area contributed by atoms with E-state index in [2.05, 4.69) is 48.7 Å². The molecule has 0 atom stereocenters. The molecule has 2 aromatic rings. The van der Waals surface area contributed by atoms with Gasteiger partial charge in [-0.1, -0.05) is 12.1 Å². The summed E-state index contributed by atoms with van der Waals surface area (Å²) in [5, 5.41) is 6.97. The number of guanidine groups is 1. The molecule has 29 heavy (non-hydrogen) atoms. The van der Waals surface area contributed by atoms with Crippen LogP contribution in [0.5, 0.6) is 5.75 Å². The van der Waals surface area contributed by atoms with Gasteiger partial charge in [-0.05, 0) is 56.5 Å². The normalized spacial score (nSPS) is 16.0. The minimum Gasteiger partial charge on any atom is -0.497 e. The highest BCUT2D eigenvalue weighted by molar-refractivity contribution is 14.0. The van der Waals surface area contributed by atoms with Crippen LogP contribution in [-0.4, -0.2) is 39.4 Å². The van der Waals surface area contributed by atoms with Crippen LogP contribution >= 0.6 is 35.3 Å². The monoisotopic (exact) mass is 529 g/mol. The Labute approximate surface area is 195 Å². The summed E-state index contributed by atoms with van der Waals surface area (Å²) in [5.41, 5.74) is 1.37. The zero-order valence-corrected chi connectivity index (χ0v) is 20.6. The second-order valence-electron chi connectivity index (χ2n) is 7.18. The van der Waals surface area contributed by atoms with Crippen LogP contribution in [-0.2, 0) is 16.7 Å². The van der Waals surface area contributed by atoms with Crippen molar-refractivity contribution in [1.29, 1.82) is 0 Å². The van der Waals surface area contributed by atoms with Gasteiger partial charge in [0.15, 0.2) is 5.96 Å². The largest absolute Gasteiger partial charge is 0.497 e. The smallest absolute Gasteiger partial charge is 0.191 e. The molecule has 0 spiro atoms. The molecule has 1 saturated heterocycles. The summed E-state index contributed by atoms with van der Waals surface area (Å²) >= 11 is 1.80. The van der Waals surface area contributed by atoms with Gasteiger partial charge in [0.2, 0.25) is 0 Å². The summed E-state index contributed by atoms with van der Waals surface area (Å²) in [4.78, 5) is 7.39. The molecular weight excluding hydrogens is 497 g/mol. The van der Waals surface area contributed by atoms with E-state index in [0.717, 1.165) is 50.9 Å². The molecule has 1 fully saturated rings. The van der Waals surface area contributed by atoms with Gasteiger partial charge in [0.1, 0.15) is 5.75 Å². The number of benzene rings is 1. The number of rotatable bonds is 7. The molecule has 0 radical (unpaired) electrons. The molecular formula is C22H32IN3O2S. The molecule has 2 N–H and O–H groups in total. The molecule has 1 aliphatic heterocycles. The molecule has 0 amide bonds. The van der Waals surface area contributed by atoms with E-state index in [1.165, 1.54) is 15.3 Å². The van der Waals surface area contributed by atoms with Crippen LogP contribution in [0.4, 0.5) is 0 Å². The van der Waals surface area contributed by atoms with Crippen LogP contribution in [0.2, 0.25) is 0 Å². The van der Waals surface area contributed by atoms with E-state index in [0.29, 0.717) is 6.54 Å². The third-order valence-electron chi connectivity index (χ3n) is 5.28. The van der Waals surface area contributed by atoms with Crippen molar-refractivity contribution in [2.24, 2.45) is 4.99 Å². The van der Waals surface area contributed by atoms with Gasteiger partial charge in [-0.25, -0.2) is 4.99 Å². The molecule has 0 aliphatic carbocycles. The lowest BCUT2D eigenvalue weighted by atomic mass is 9.74. The number of methoxy groups -OCH3 is 1. The Kier molecular flexibility index (Phi) is 9.71. The second-order valence-corrected chi connectivity index (χ2v) is 8.55. The Morgan fingerprint density at radius 1 is 1.14 bits per heavy atom. The van der Waals surface area contributed by atoms with E-state index < -0.39 is 0 Å². The maximum absolute atomic E-state index is 5.66. The van der Waals surface area contributed by atoms with Crippen LogP contribution in [0.3, 0.4) is 0 Å². The van der Waals surface area contributed by atoms with Gasteiger partial charge in [-0.3, -0.25) is 0 Å². The third kappa shape index (κ3) is 6.58. The Morgan fingerprint density at radius 3 is 2.45 bits per heavy atom. The van der Waals surface area contributed by atoms with E-state index in [1.54, 1.807) is 18.4 Å². The van der Waals surface area contributed by atoms with E-state index >= 15 is 0 Å². The van der Waals surface area contributed by atoms with Crippen molar-refractivity contribution < 1.29 is 9.47 Å². The topological polar surface area (TPSA) is 54.9 Å². The number of halogens is 1. The molecule has 2 heterocycles. The molecule has 0 bridgehead atoms. The fourth-order valence-corrected chi connectivity index (χ4v) is 4.41. The van der Waals surface area contributed by atoms with Crippen LogP contribution in [0, 0.1) is 6.92 Å². The van der Waals surface area contributed by atoms with Crippen molar-refractivity contribution in [3.8, 4) is 5.75 Å². The summed E-state index contributed by atoms with van der Waals surface area (Å²) in [6, 6.07) is 12.8. The summed E-state index contributed by atoms with van der Waals surface area (Å²) in [6.45, 7) is 8.18. The first kappa shape index (κ1) is 24.0. The first-order chi connectivity index (χ1) is 13.6. The lowest BCUT2D eigenvalue weighted by Gasteiger charge is -2.38. The quantitative estimate of drug-likeness (QED) is 0.316. The molecule has 5 nitrogen and oxygen atoms in total. The minimum absolute atomic E-state index is 0. The zero-order chi connectivity index (χ0) is 19.8. The van der Waals surface area contributed by atoms with Crippen LogP contribution in [0.15, 0.2) is 41.4 Å². The molecule has 3 rings (SSSR count). The molecule has 0 saturated carbocycles. The van der Waals surface area contributed by atoms with E-state index in [4.69, 9.17) is 14.5 Å². The summed E-state index contributed by atoms with van der Waals surface area (Å²) in [5.74, 6) is 1.76. The van der Waals surface area contributed by atoms with Crippen LogP contribution in [0.1, 0.15) is 35.1 Å². The number of thiophene rings is 1. The summed E-state index contributed by atoms with van der Waals surface area (Å²) < 4.78 is 11.0. The predicted octanol–water partition coefficient (Wildman–Crippen LogP) is 4.49. The van der Waals surface area contributed by atoms with Gasteiger partial charge in [-0.15, -0.1) is 35.3 Å². The molecule has 1 aliphatic rings. The van der Waals surface area contributed by atoms with Gasteiger partial charge in [0.05, 0.1) is 13.7 Å². The Hall–Kier alpha value is -1.32. The molecule has 160 valence electrons. The number of nitrogens with zero attached hydrogens (tertiary/aromatic N) is 1. The average Bonchev–Trinajstić information content (AvgIpc) is 3.16. The maximum Gasteiger partial charge on any atom is 0.191 e. The van der Waals surface area contributed by atoms with Crippen LogP contribution < -0.4 is 15.4 Å². The first-order valence-corrected chi connectivity index (χ1v) is 10.8. The Balaban J connectivity index is 0.00000300. The molecule has 1 aromatic carbocycles. The van der Waals surface area contributed by atoms with Crippen molar-refractivity contribution in [2.45, 2.75) is 38.6 Å². The number of ether oxygens (including phenoxy) is 2. The van der Waals surface area contributed by atoms with Crippen molar-refractivity contribution in [2.75, 3.05) is 33.4 Å². The van der Waals surface area contributed by atoms with Crippen molar-refractivity contribution in [3.05, 3.63) is 51.7 Å². The second kappa shape index (κ2) is 11.8. The Bertz CT molecular complexity index is 771. The molecule has 7 heteroatoms. The first-order valence-electron chi connectivity index (χ1n) is 9.95. The van der Waals surface area contributed by atoms with Gasteiger partial charge in [-0.2, -0.15) is 0 Å². The third-order valence-corrected chi connectivity index (χ3v) is 6.27. The highest BCUT2D eigenvalue weighted by atomic mass is 127. The van der Waals surface area contributed by atoms with E-state index in [-0.39, 0.29) is 29.4 Å². The number of nitrogens with one attached hydrogen (secondary N) is 2. The SMILES string of the molecule is CCNC(=NCc1ccc(C)s1)NCC1(c2ccc(OC)cc2)CCOCC1.I. The summed E-state index contributed by atoms with van der Waals surface area (Å²) in [6.07, 6.45) is 1.99. The van der Waals surface area contributed by atoms with Gasteiger partial charge in [0.25, 0.3) is 0 Å². The van der Waals surface area contributed by atoms with Gasteiger partial charge in [0, 0.05) is 41.5 Å². The standard InChI is InChI=1S/C22H31N3O2S.HI/c1-4-23-21(24-15-20-10-5-17(2)28-20)25-16-22(11-13-27-14-12-22)18-6-8-19(26-3)9-7-18;/h5-10H,4,11-16H2,1-3H3,(H2,23,24,25);1H.